The number of nitrogens with zero attached hydrogens (tertiary/aromatic N) is 1. The van der Waals surface area contributed by atoms with E-state index in [0.29, 0.717) is 6.42 Å². The highest BCUT2D eigenvalue weighted by Crippen LogP contribution is 2.67. The first-order valence-electron chi connectivity index (χ1n) is 6.98. The van der Waals surface area contributed by atoms with E-state index in [0.717, 1.165) is 12.1 Å². The molecule has 0 aromatic heterocycles. The molecular formula is C13H19NO7P2. The van der Waals surface area contributed by atoms with Crippen molar-refractivity contribution < 1.29 is 28.2 Å². The first kappa shape index (κ1) is 19.9. The van der Waals surface area contributed by atoms with Crippen LogP contribution in [0.4, 0.5) is 5.69 Å². The number of non-ortho nitro benzene ring substituents is 1. The van der Waals surface area contributed by atoms with Gasteiger partial charge in [0.25, 0.3) is 10.8 Å². The van der Waals surface area contributed by atoms with Gasteiger partial charge in [-0.05, 0) is 32.4 Å². The van der Waals surface area contributed by atoms with Gasteiger partial charge in [0.05, 0.1) is 11.0 Å². The fourth-order valence-corrected chi connectivity index (χ4v) is 4.39. The molecule has 0 saturated carbocycles. The number of rotatable bonds is 9. The Morgan fingerprint density at radius 1 is 1.39 bits per heavy atom. The Hall–Kier alpha value is -1.17. The van der Waals surface area contributed by atoms with Crippen molar-refractivity contribution in [3.05, 3.63) is 39.9 Å². The van der Waals surface area contributed by atoms with Crippen molar-refractivity contribution in [1.29, 1.82) is 0 Å². The van der Waals surface area contributed by atoms with Gasteiger partial charge in [0.15, 0.2) is 0 Å². The Morgan fingerprint density at radius 2 is 1.96 bits per heavy atom. The Bertz CT molecular complexity index is 607. The average molecular weight is 363 g/mol. The maximum absolute atomic E-state index is 12.7. The van der Waals surface area contributed by atoms with Crippen LogP contribution in [0.2, 0.25) is 0 Å². The topological polar surface area (TPSA) is 116 Å². The first-order valence-corrected chi connectivity index (χ1v) is 9.37. The van der Waals surface area contributed by atoms with Crippen molar-refractivity contribution >= 4 is 21.7 Å². The largest absolute Gasteiger partial charge is 0.376 e. The highest BCUT2D eigenvalue weighted by Gasteiger charge is 2.54. The van der Waals surface area contributed by atoms with E-state index in [2.05, 4.69) is 0 Å². The van der Waals surface area contributed by atoms with Crippen molar-refractivity contribution in [1.82, 2.24) is 0 Å². The summed E-state index contributed by atoms with van der Waals surface area (Å²) in [6, 6.07) is 4.78. The summed E-state index contributed by atoms with van der Waals surface area (Å²) in [7, 11) is -5.27. The second-order valence-corrected chi connectivity index (χ2v) is 7.83. The number of nitro groups is 1. The predicted molar refractivity (Wildman–Crippen MR) is 84.7 cm³/mol. The molecule has 0 radical (unpaired) electrons. The molecule has 10 heteroatoms. The van der Waals surface area contributed by atoms with Crippen LogP contribution >= 0.6 is 16.1 Å². The molecule has 0 bridgehead atoms. The fraction of sp³-hybridized carbons (Fsp3) is 0.538. The zero-order valence-corrected chi connectivity index (χ0v) is 14.8. The standard InChI is InChI=1S/C13H19NO7P2/c1-4-10(3)21-23(18,19)13(22-17,20-5-2)11-6-8-12(9-7-11)14(15)16/h6-10H,4-5H2,1-3H3,(H,18,19). The van der Waals surface area contributed by atoms with Crippen LogP contribution in [-0.2, 0) is 23.5 Å². The van der Waals surface area contributed by atoms with E-state index in [-0.39, 0.29) is 17.9 Å². The van der Waals surface area contributed by atoms with Crippen molar-refractivity contribution in [2.75, 3.05) is 6.61 Å². The minimum Gasteiger partial charge on any atom is -0.349 e. The molecule has 8 nitrogen and oxygen atoms in total. The first-order chi connectivity index (χ1) is 10.7. The molecule has 0 saturated heterocycles. The maximum atomic E-state index is 12.7. The second kappa shape index (κ2) is 8.08. The van der Waals surface area contributed by atoms with Crippen LogP contribution in [0.3, 0.4) is 0 Å². The molecule has 128 valence electrons. The molecule has 1 aromatic rings. The van der Waals surface area contributed by atoms with Crippen LogP contribution in [0, 0.1) is 10.1 Å². The number of benzene rings is 1. The monoisotopic (exact) mass is 363 g/mol. The van der Waals surface area contributed by atoms with Crippen LogP contribution in [0.15, 0.2) is 24.3 Å². The van der Waals surface area contributed by atoms with Gasteiger partial charge in [-0.15, -0.1) is 0 Å². The SMILES string of the molecule is CCOC(P=O)(c1ccc([N+](=O)[O-])cc1)P(=O)(O)OC(C)CC. The van der Waals surface area contributed by atoms with E-state index in [9.17, 15) is 24.1 Å². The summed E-state index contributed by atoms with van der Waals surface area (Å²) in [4.78, 5) is 20.5. The molecule has 0 aliphatic carbocycles. The molecule has 0 heterocycles. The minimum absolute atomic E-state index is 0.000638. The van der Waals surface area contributed by atoms with Crippen LogP contribution in [0.1, 0.15) is 32.8 Å². The molecule has 1 N–H and O–H groups in total. The van der Waals surface area contributed by atoms with Gasteiger partial charge in [0.1, 0.15) is 0 Å². The highest BCUT2D eigenvalue weighted by atomic mass is 31.2. The van der Waals surface area contributed by atoms with Crippen LogP contribution < -0.4 is 0 Å². The highest BCUT2D eigenvalue weighted by molar-refractivity contribution is 7.63. The molecular weight excluding hydrogens is 344 g/mol. The van der Waals surface area contributed by atoms with Gasteiger partial charge < -0.3 is 14.2 Å². The van der Waals surface area contributed by atoms with Gasteiger partial charge in [0.2, 0.25) is 8.46 Å². The van der Waals surface area contributed by atoms with E-state index in [4.69, 9.17) is 9.26 Å². The van der Waals surface area contributed by atoms with Crippen molar-refractivity contribution in [3.63, 3.8) is 0 Å². The number of hydrogen-bond donors (Lipinski definition) is 1. The lowest BCUT2D eigenvalue weighted by Gasteiger charge is -2.32. The molecule has 0 fully saturated rings. The third-order valence-corrected chi connectivity index (χ3v) is 6.64. The molecule has 0 amide bonds. The molecule has 0 aliphatic heterocycles. The summed E-state index contributed by atoms with van der Waals surface area (Å²) in [5.41, 5.74) is -0.131. The quantitative estimate of drug-likeness (QED) is 0.400. The third-order valence-electron chi connectivity index (χ3n) is 3.20. The molecule has 1 aromatic carbocycles. The minimum atomic E-state index is -4.50. The normalized spacial score (nSPS) is 18.1. The zero-order chi connectivity index (χ0) is 17.7. The van der Waals surface area contributed by atoms with Gasteiger partial charge in [-0.3, -0.25) is 19.2 Å². The van der Waals surface area contributed by atoms with Crippen LogP contribution in [-0.4, -0.2) is 22.5 Å². The Labute approximate surface area is 135 Å². The Kier molecular flexibility index (Phi) is 6.99. The van der Waals surface area contributed by atoms with E-state index < -0.39 is 32.2 Å². The van der Waals surface area contributed by atoms with Gasteiger partial charge in [0, 0.05) is 24.3 Å². The smallest absolute Gasteiger partial charge is 0.349 e. The lowest BCUT2D eigenvalue weighted by Crippen LogP contribution is -2.26. The maximum Gasteiger partial charge on any atom is 0.376 e. The number of hydrogen-bond acceptors (Lipinski definition) is 6. The second-order valence-electron chi connectivity index (χ2n) is 4.78. The summed E-state index contributed by atoms with van der Waals surface area (Å²) >= 11 is 0. The molecule has 0 spiro atoms. The molecule has 3 atom stereocenters. The summed E-state index contributed by atoms with van der Waals surface area (Å²) in [6.45, 7) is 4.96. The lowest BCUT2D eigenvalue weighted by atomic mass is 10.2. The molecule has 1 rings (SSSR count). The van der Waals surface area contributed by atoms with E-state index in [1.54, 1.807) is 20.8 Å². The lowest BCUT2D eigenvalue weighted by molar-refractivity contribution is -0.384. The summed E-state index contributed by atoms with van der Waals surface area (Å²) in [5.74, 6) is 0. The summed E-state index contributed by atoms with van der Waals surface area (Å²) < 4.78 is 35.0. The fourth-order valence-electron chi connectivity index (χ4n) is 1.85. The van der Waals surface area contributed by atoms with Crippen LogP contribution in [0.25, 0.3) is 0 Å². The predicted octanol–water partition coefficient (Wildman–Crippen LogP) is 4.03. The average Bonchev–Trinajstić information content (AvgIpc) is 2.51. The van der Waals surface area contributed by atoms with Crippen LogP contribution in [0.5, 0.6) is 0 Å². The van der Waals surface area contributed by atoms with E-state index in [1.807, 2.05) is 0 Å². The van der Waals surface area contributed by atoms with Gasteiger partial charge in [-0.2, -0.15) is 0 Å². The van der Waals surface area contributed by atoms with Gasteiger partial charge in [-0.25, -0.2) is 0 Å². The number of ether oxygens (including phenoxy) is 1. The molecule has 3 unspecified atom stereocenters. The van der Waals surface area contributed by atoms with Gasteiger partial charge in [-0.1, -0.05) is 6.92 Å². The zero-order valence-electron chi connectivity index (χ0n) is 13.0. The van der Waals surface area contributed by atoms with Crippen molar-refractivity contribution in [2.45, 2.75) is 38.4 Å². The van der Waals surface area contributed by atoms with Crippen molar-refractivity contribution in [2.24, 2.45) is 0 Å². The third kappa shape index (κ3) is 4.22. The molecule has 23 heavy (non-hydrogen) atoms. The summed E-state index contributed by atoms with van der Waals surface area (Å²) in [6.07, 6.45) is -0.0755. The van der Waals surface area contributed by atoms with Gasteiger partial charge >= 0.3 is 7.60 Å². The van der Waals surface area contributed by atoms with E-state index >= 15 is 0 Å². The Balaban J connectivity index is 3.38. The Morgan fingerprint density at radius 3 is 2.35 bits per heavy atom. The molecule has 0 aliphatic rings. The summed E-state index contributed by atoms with van der Waals surface area (Å²) in [5, 5.41) is 8.60. The van der Waals surface area contributed by atoms with Crippen molar-refractivity contribution in [3.8, 4) is 0 Å². The van der Waals surface area contributed by atoms with E-state index in [1.165, 1.54) is 12.1 Å². The number of nitro benzene ring substituents is 1.